The summed E-state index contributed by atoms with van der Waals surface area (Å²) in [6.45, 7) is 0.704. The first-order chi connectivity index (χ1) is 12.6. The van der Waals surface area contributed by atoms with Gasteiger partial charge in [-0.25, -0.2) is 0 Å². The van der Waals surface area contributed by atoms with E-state index in [1.54, 1.807) is 0 Å². The van der Waals surface area contributed by atoms with Gasteiger partial charge in [-0.1, -0.05) is 0 Å². The smallest absolute Gasteiger partial charge is 0.254 e. The Morgan fingerprint density at radius 3 is 2.41 bits per heavy atom. The maximum atomic E-state index is 12.8. The highest BCUT2D eigenvalue weighted by Gasteiger charge is 2.44. The Balaban J connectivity index is 2.33. The molecular formula is C15H19I2N3O7. The number of amides is 2. The van der Waals surface area contributed by atoms with Crippen molar-refractivity contribution >= 4 is 68.4 Å². The van der Waals surface area contributed by atoms with Crippen LogP contribution in [0.15, 0.2) is 6.07 Å². The summed E-state index contributed by atoms with van der Waals surface area (Å²) in [6.07, 6.45) is -5.89. The SMILES string of the molecule is CC(=O)Nc1cc(N)c(I)c(C(=O)N[C@H]2C(O)O[C@H](CO)[C@H](O)[C@@H]2O)c1I. The van der Waals surface area contributed by atoms with Crippen molar-refractivity contribution in [3.8, 4) is 0 Å². The summed E-state index contributed by atoms with van der Waals surface area (Å²) in [4.78, 5) is 24.1. The van der Waals surface area contributed by atoms with Gasteiger partial charge in [0.15, 0.2) is 6.29 Å². The highest BCUT2D eigenvalue weighted by Crippen LogP contribution is 2.32. The van der Waals surface area contributed by atoms with Crippen LogP contribution in [0, 0.1) is 7.14 Å². The first kappa shape index (κ1) is 22.5. The third kappa shape index (κ3) is 4.80. The van der Waals surface area contributed by atoms with Crippen LogP contribution in [0.5, 0.6) is 0 Å². The predicted molar refractivity (Wildman–Crippen MR) is 112 cm³/mol. The van der Waals surface area contributed by atoms with Crippen LogP contribution >= 0.6 is 45.2 Å². The number of ether oxygens (including phenoxy) is 1. The number of hydrogen-bond acceptors (Lipinski definition) is 8. The number of carbonyl (C=O) groups is 2. The second-order valence-electron chi connectivity index (χ2n) is 5.93. The topological polar surface area (TPSA) is 174 Å². The molecule has 1 saturated heterocycles. The van der Waals surface area contributed by atoms with E-state index in [1.165, 1.54) is 13.0 Å². The van der Waals surface area contributed by atoms with Crippen LogP contribution in [0.3, 0.4) is 0 Å². The van der Waals surface area contributed by atoms with Gasteiger partial charge in [-0.05, 0) is 51.2 Å². The molecule has 2 amide bonds. The van der Waals surface area contributed by atoms with Gasteiger partial charge in [0, 0.05) is 16.2 Å². The van der Waals surface area contributed by atoms with Crippen LogP contribution in [0.4, 0.5) is 11.4 Å². The van der Waals surface area contributed by atoms with Gasteiger partial charge < -0.3 is 41.5 Å². The van der Waals surface area contributed by atoms with Crippen molar-refractivity contribution in [3.63, 3.8) is 0 Å². The molecule has 12 heteroatoms. The van der Waals surface area contributed by atoms with Crippen LogP contribution in [-0.2, 0) is 9.53 Å². The molecule has 1 heterocycles. The summed E-state index contributed by atoms with van der Waals surface area (Å²) in [5.74, 6) is -1.03. The fraction of sp³-hybridized carbons (Fsp3) is 0.467. The van der Waals surface area contributed by atoms with Gasteiger partial charge in [-0.2, -0.15) is 0 Å². The number of aliphatic hydroxyl groups excluding tert-OH is 4. The van der Waals surface area contributed by atoms with E-state index in [0.717, 1.165) is 0 Å². The molecule has 0 saturated carbocycles. The monoisotopic (exact) mass is 607 g/mol. The molecule has 1 unspecified atom stereocenters. The van der Waals surface area contributed by atoms with Crippen LogP contribution in [0.1, 0.15) is 17.3 Å². The van der Waals surface area contributed by atoms with E-state index in [0.29, 0.717) is 12.8 Å². The van der Waals surface area contributed by atoms with Crippen molar-refractivity contribution in [1.29, 1.82) is 0 Å². The molecule has 10 nitrogen and oxygen atoms in total. The van der Waals surface area contributed by atoms with Gasteiger partial charge >= 0.3 is 0 Å². The van der Waals surface area contributed by atoms with Crippen molar-refractivity contribution in [1.82, 2.24) is 5.32 Å². The Kier molecular flexibility index (Phi) is 7.62. The van der Waals surface area contributed by atoms with Gasteiger partial charge in [0.2, 0.25) is 5.91 Å². The van der Waals surface area contributed by atoms with E-state index < -0.39 is 43.2 Å². The maximum absolute atomic E-state index is 12.8. The summed E-state index contributed by atoms with van der Waals surface area (Å²) in [5, 5.41) is 44.2. The number of anilines is 2. The summed E-state index contributed by atoms with van der Waals surface area (Å²) in [6, 6.07) is 0.178. The highest BCUT2D eigenvalue weighted by atomic mass is 127. The molecule has 8 N–H and O–H groups in total. The standard InChI is InChI=1S/C15H19I2N3O7/c1-4(22)19-6-2-5(18)9(16)8(10(6)17)14(25)20-11-13(24)12(23)7(3-21)27-15(11)26/h2,7,11-13,15,21,23-24,26H,3,18H2,1H3,(H,19,22)(H,20,25)/t7-,11-,12+,13-,15?/m1/s1. The molecule has 1 aliphatic heterocycles. The molecule has 0 radical (unpaired) electrons. The van der Waals surface area contributed by atoms with E-state index in [1.807, 2.05) is 45.2 Å². The fourth-order valence-corrected chi connectivity index (χ4v) is 4.61. The normalized spacial score (nSPS) is 27.9. The van der Waals surface area contributed by atoms with Crippen molar-refractivity contribution in [3.05, 3.63) is 18.8 Å². The molecule has 1 aromatic rings. The molecule has 0 aliphatic carbocycles. The van der Waals surface area contributed by atoms with Gasteiger partial charge in [0.25, 0.3) is 5.91 Å². The minimum atomic E-state index is -1.64. The number of hydrogen-bond donors (Lipinski definition) is 7. The van der Waals surface area contributed by atoms with Crippen LogP contribution in [0.25, 0.3) is 0 Å². The van der Waals surface area contributed by atoms with Crippen LogP contribution in [0.2, 0.25) is 0 Å². The Morgan fingerprint density at radius 1 is 1.22 bits per heavy atom. The lowest BCUT2D eigenvalue weighted by Crippen LogP contribution is -2.64. The van der Waals surface area contributed by atoms with Crippen LogP contribution < -0.4 is 16.4 Å². The maximum Gasteiger partial charge on any atom is 0.254 e. The molecule has 5 atom stereocenters. The van der Waals surface area contributed by atoms with Crippen molar-refractivity contribution < 1.29 is 34.8 Å². The van der Waals surface area contributed by atoms with Gasteiger partial charge in [-0.3, -0.25) is 9.59 Å². The lowest BCUT2D eigenvalue weighted by atomic mass is 9.96. The average molecular weight is 607 g/mol. The zero-order valence-electron chi connectivity index (χ0n) is 14.0. The van der Waals surface area contributed by atoms with E-state index in [2.05, 4.69) is 10.6 Å². The zero-order chi connectivity index (χ0) is 20.5. The lowest BCUT2D eigenvalue weighted by molar-refractivity contribution is -0.252. The number of nitrogens with two attached hydrogens (primary N) is 1. The van der Waals surface area contributed by atoms with Crippen LogP contribution in [-0.4, -0.2) is 69.5 Å². The number of benzene rings is 1. The number of nitrogen functional groups attached to an aromatic ring is 1. The minimum Gasteiger partial charge on any atom is -0.398 e. The third-order valence-corrected chi connectivity index (χ3v) is 6.25. The summed E-state index contributed by atoms with van der Waals surface area (Å²) in [7, 11) is 0. The van der Waals surface area contributed by atoms with Gasteiger partial charge in [0.05, 0.1) is 21.4 Å². The van der Waals surface area contributed by atoms with Crippen molar-refractivity contribution in [2.24, 2.45) is 0 Å². The second-order valence-corrected chi connectivity index (χ2v) is 8.08. The van der Waals surface area contributed by atoms with Gasteiger partial charge in [0.1, 0.15) is 24.4 Å². The lowest BCUT2D eigenvalue weighted by Gasteiger charge is -2.40. The summed E-state index contributed by atoms with van der Waals surface area (Å²) >= 11 is 3.75. The summed E-state index contributed by atoms with van der Waals surface area (Å²) < 4.78 is 5.85. The van der Waals surface area contributed by atoms with Crippen molar-refractivity contribution in [2.45, 2.75) is 37.6 Å². The van der Waals surface area contributed by atoms with Gasteiger partial charge in [-0.15, -0.1) is 0 Å². The molecule has 27 heavy (non-hydrogen) atoms. The molecule has 0 spiro atoms. The molecule has 1 aromatic carbocycles. The molecular weight excluding hydrogens is 588 g/mol. The number of carbonyl (C=O) groups excluding carboxylic acids is 2. The first-order valence-electron chi connectivity index (χ1n) is 7.74. The number of nitrogens with one attached hydrogen (secondary N) is 2. The van der Waals surface area contributed by atoms with E-state index >= 15 is 0 Å². The third-order valence-electron chi connectivity index (χ3n) is 3.96. The Morgan fingerprint density at radius 2 is 1.85 bits per heavy atom. The first-order valence-corrected chi connectivity index (χ1v) is 9.90. The Hall–Kier alpha value is -0.780. The zero-order valence-corrected chi connectivity index (χ0v) is 18.3. The molecule has 0 aromatic heterocycles. The number of aliphatic hydroxyl groups is 4. The summed E-state index contributed by atoms with van der Waals surface area (Å²) in [5.41, 5.74) is 6.65. The van der Waals surface area contributed by atoms with E-state index in [9.17, 15) is 24.9 Å². The molecule has 2 rings (SSSR count). The number of halogens is 2. The fourth-order valence-electron chi connectivity index (χ4n) is 2.61. The second kappa shape index (κ2) is 9.15. The molecule has 150 valence electrons. The highest BCUT2D eigenvalue weighted by molar-refractivity contribution is 14.1. The predicted octanol–water partition coefficient (Wildman–Crippen LogP) is -1.03. The molecule has 1 aliphatic rings. The molecule has 0 bridgehead atoms. The van der Waals surface area contributed by atoms with Crippen molar-refractivity contribution in [2.75, 3.05) is 17.7 Å². The minimum absolute atomic E-state index is 0.137. The molecule has 1 fully saturated rings. The Labute approximate surface area is 181 Å². The number of rotatable bonds is 4. The van der Waals surface area contributed by atoms with E-state index in [4.69, 9.17) is 15.6 Å². The largest absolute Gasteiger partial charge is 0.398 e. The quantitative estimate of drug-likeness (QED) is 0.168. The average Bonchev–Trinajstić information content (AvgIpc) is 2.59. The van der Waals surface area contributed by atoms with E-state index in [-0.39, 0.29) is 17.2 Å². The Bertz CT molecular complexity index is 749.